The van der Waals surface area contributed by atoms with Crippen LogP contribution in [0.1, 0.15) is 38.5 Å². The molecule has 7 atom stereocenters. The Morgan fingerprint density at radius 2 is 1.34 bits per heavy atom. The zero-order valence-corrected chi connectivity index (χ0v) is 22.0. The maximum atomic E-state index is 11.7. The number of aliphatic hydroxyl groups is 1. The topological polar surface area (TPSA) is 20.2 Å². The molecule has 8 aliphatic rings. The Balaban J connectivity index is 1.38. The first kappa shape index (κ1) is 22.8. The normalized spacial score (nSPS) is 36.7. The van der Waals surface area contributed by atoms with Crippen LogP contribution in [-0.2, 0) is 0 Å². The van der Waals surface area contributed by atoms with Crippen LogP contribution in [0.15, 0.2) is 142 Å². The van der Waals surface area contributed by atoms with Gasteiger partial charge in [0, 0.05) is 11.8 Å². The standard InChI is InChI=1S/C37H36O/c38-37(23-11-2-1-3-12-23)24-21-33-29-17-8-5-14-26(29)25-13-4-6-15-27(25)31-19-10-20-32-28-16-7-9-18-30(28)34(22-24)36(33)35(31)32/h2,4-14,16,18,20,22,27-31,33,37-38H,1,3,15,17,19,21H2. The number of hydrogen-bond donors (Lipinski definition) is 1. The molecule has 8 aliphatic carbocycles. The van der Waals surface area contributed by atoms with Crippen LogP contribution >= 0.6 is 0 Å². The number of aliphatic hydroxyl groups excluding tert-OH is 1. The van der Waals surface area contributed by atoms with Gasteiger partial charge in [0.15, 0.2) is 0 Å². The van der Waals surface area contributed by atoms with Gasteiger partial charge in [0.1, 0.15) is 6.10 Å². The van der Waals surface area contributed by atoms with Crippen molar-refractivity contribution >= 4 is 0 Å². The molecule has 190 valence electrons. The molecule has 8 rings (SSSR count). The smallest absolute Gasteiger partial charge is 0.100 e. The lowest BCUT2D eigenvalue weighted by molar-refractivity contribution is 0.234. The van der Waals surface area contributed by atoms with Crippen LogP contribution < -0.4 is 0 Å². The van der Waals surface area contributed by atoms with Crippen molar-refractivity contribution < 1.29 is 5.11 Å². The summed E-state index contributed by atoms with van der Waals surface area (Å²) in [5, 5.41) is 11.7. The van der Waals surface area contributed by atoms with Crippen molar-refractivity contribution in [2.45, 2.75) is 44.6 Å². The first-order valence-electron chi connectivity index (χ1n) is 14.8. The van der Waals surface area contributed by atoms with Crippen LogP contribution in [0, 0.1) is 35.5 Å². The van der Waals surface area contributed by atoms with Crippen LogP contribution in [0.2, 0.25) is 0 Å². The molecule has 0 spiro atoms. The molecule has 1 N–H and O–H groups in total. The summed E-state index contributed by atoms with van der Waals surface area (Å²) in [7, 11) is 0. The van der Waals surface area contributed by atoms with Gasteiger partial charge in [0.25, 0.3) is 0 Å². The summed E-state index contributed by atoms with van der Waals surface area (Å²) in [4.78, 5) is 0. The van der Waals surface area contributed by atoms with Crippen molar-refractivity contribution in [2.24, 2.45) is 35.5 Å². The molecule has 0 aromatic carbocycles. The Labute approximate surface area is 226 Å². The highest BCUT2D eigenvalue weighted by atomic mass is 16.3. The van der Waals surface area contributed by atoms with Crippen molar-refractivity contribution in [1.29, 1.82) is 0 Å². The molecule has 0 heterocycles. The predicted molar refractivity (Wildman–Crippen MR) is 156 cm³/mol. The molecule has 7 unspecified atom stereocenters. The Bertz CT molecular complexity index is 1450. The fourth-order valence-corrected chi connectivity index (χ4v) is 8.78. The zero-order valence-electron chi connectivity index (χ0n) is 22.0. The zero-order chi connectivity index (χ0) is 25.2. The summed E-state index contributed by atoms with van der Waals surface area (Å²) < 4.78 is 0. The number of rotatable bonds is 2. The van der Waals surface area contributed by atoms with Gasteiger partial charge >= 0.3 is 0 Å². The summed E-state index contributed by atoms with van der Waals surface area (Å²) >= 11 is 0. The van der Waals surface area contributed by atoms with E-state index in [4.69, 9.17) is 0 Å². The highest BCUT2D eigenvalue weighted by Gasteiger charge is 2.48. The quantitative estimate of drug-likeness (QED) is 0.409. The molecular weight excluding hydrogens is 460 g/mol. The van der Waals surface area contributed by atoms with Gasteiger partial charge in [-0.15, -0.1) is 0 Å². The second-order valence-electron chi connectivity index (χ2n) is 12.2. The SMILES string of the molecule is OC(C1=CCCC=C1)C1=CC2=C3C4=C(C=CCC4C4CC=CC=C4C4=CC=CCC4C3C1)C1C=CC=CC21. The summed E-state index contributed by atoms with van der Waals surface area (Å²) in [6.45, 7) is 0. The van der Waals surface area contributed by atoms with E-state index in [0.29, 0.717) is 35.5 Å². The van der Waals surface area contributed by atoms with Gasteiger partial charge in [-0.1, -0.05) is 97.2 Å². The van der Waals surface area contributed by atoms with Crippen LogP contribution in [0.25, 0.3) is 0 Å². The molecule has 1 nitrogen and oxygen atoms in total. The fraction of sp³-hybridized carbons (Fsp3) is 0.351. The molecule has 0 aromatic rings. The maximum Gasteiger partial charge on any atom is 0.100 e. The van der Waals surface area contributed by atoms with E-state index in [1.165, 1.54) is 11.1 Å². The lowest BCUT2D eigenvalue weighted by Crippen LogP contribution is -2.40. The minimum Gasteiger partial charge on any atom is -0.384 e. The molecule has 1 saturated carbocycles. The molecule has 1 fully saturated rings. The van der Waals surface area contributed by atoms with Gasteiger partial charge in [-0.25, -0.2) is 0 Å². The van der Waals surface area contributed by atoms with Crippen LogP contribution in [0.4, 0.5) is 0 Å². The second kappa shape index (κ2) is 8.95. The monoisotopic (exact) mass is 496 g/mol. The van der Waals surface area contributed by atoms with E-state index >= 15 is 0 Å². The second-order valence-corrected chi connectivity index (χ2v) is 12.2. The molecular formula is C37H36O. The first-order valence-corrected chi connectivity index (χ1v) is 14.8. The van der Waals surface area contributed by atoms with Crippen LogP contribution in [0.3, 0.4) is 0 Å². The van der Waals surface area contributed by atoms with E-state index in [-0.39, 0.29) is 0 Å². The highest BCUT2D eigenvalue weighted by molar-refractivity contribution is 5.64. The Hall–Kier alpha value is -3.16. The van der Waals surface area contributed by atoms with Crippen LogP contribution in [0.5, 0.6) is 0 Å². The first-order chi connectivity index (χ1) is 18.8. The van der Waals surface area contributed by atoms with Crippen molar-refractivity contribution in [2.75, 3.05) is 0 Å². The van der Waals surface area contributed by atoms with Crippen molar-refractivity contribution in [3.05, 3.63) is 142 Å². The molecule has 0 amide bonds. The van der Waals surface area contributed by atoms with E-state index in [1.54, 1.807) is 27.9 Å². The molecule has 0 aliphatic heterocycles. The van der Waals surface area contributed by atoms with Gasteiger partial charge < -0.3 is 5.11 Å². The minimum absolute atomic E-state index is 0.352. The fourth-order valence-electron chi connectivity index (χ4n) is 8.78. The largest absolute Gasteiger partial charge is 0.384 e. The molecule has 0 saturated heterocycles. The molecule has 38 heavy (non-hydrogen) atoms. The summed E-state index contributed by atoms with van der Waals surface area (Å²) in [5.74, 6) is 2.66. The Kier molecular flexibility index (Phi) is 5.37. The number of allylic oxidation sites excluding steroid dienone is 21. The van der Waals surface area contributed by atoms with E-state index < -0.39 is 6.10 Å². The number of fused-ring (bicyclic) bond motifs is 8. The molecule has 1 heteroatoms. The van der Waals surface area contributed by atoms with Crippen molar-refractivity contribution in [3.8, 4) is 0 Å². The summed E-state index contributed by atoms with van der Waals surface area (Å²) in [6, 6.07) is 0. The van der Waals surface area contributed by atoms with E-state index in [2.05, 4.69) is 97.2 Å². The Morgan fingerprint density at radius 1 is 0.658 bits per heavy atom. The lowest BCUT2D eigenvalue weighted by Gasteiger charge is -2.51. The van der Waals surface area contributed by atoms with Crippen molar-refractivity contribution in [3.63, 3.8) is 0 Å². The maximum absolute atomic E-state index is 11.7. The molecule has 0 aromatic heterocycles. The van der Waals surface area contributed by atoms with Crippen molar-refractivity contribution in [1.82, 2.24) is 0 Å². The summed E-state index contributed by atoms with van der Waals surface area (Å²) in [5.41, 5.74) is 11.8. The average Bonchev–Trinajstić information content (AvgIpc) is 2.99. The molecule has 0 radical (unpaired) electrons. The van der Waals surface area contributed by atoms with Gasteiger partial charge in [0.05, 0.1) is 0 Å². The lowest BCUT2D eigenvalue weighted by atomic mass is 9.53. The predicted octanol–water partition coefficient (Wildman–Crippen LogP) is 8.13. The third-order valence-corrected chi connectivity index (χ3v) is 10.4. The minimum atomic E-state index is -0.513. The number of hydrogen-bond acceptors (Lipinski definition) is 1. The van der Waals surface area contributed by atoms with Crippen LogP contribution in [-0.4, -0.2) is 11.2 Å². The highest BCUT2D eigenvalue weighted by Crippen LogP contribution is 2.60. The van der Waals surface area contributed by atoms with E-state index in [0.717, 1.165) is 44.1 Å². The van der Waals surface area contributed by atoms with Gasteiger partial charge in [-0.05, 0) is 107 Å². The molecule has 0 bridgehead atoms. The average molecular weight is 497 g/mol. The van der Waals surface area contributed by atoms with Gasteiger partial charge in [-0.2, -0.15) is 0 Å². The Morgan fingerprint density at radius 3 is 2.08 bits per heavy atom. The van der Waals surface area contributed by atoms with E-state index in [1.807, 2.05) is 0 Å². The van der Waals surface area contributed by atoms with Gasteiger partial charge in [0.2, 0.25) is 0 Å². The third kappa shape index (κ3) is 3.34. The van der Waals surface area contributed by atoms with E-state index in [9.17, 15) is 5.11 Å². The summed E-state index contributed by atoms with van der Waals surface area (Å²) in [6.07, 6.45) is 43.5. The third-order valence-electron chi connectivity index (χ3n) is 10.4. The van der Waals surface area contributed by atoms with Gasteiger partial charge in [-0.3, -0.25) is 0 Å².